The lowest BCUT2D eigenvalue weighted by molar-refractivity contribution is -0.121. The van der Waals surface area contributed by atoms with Crippen LogP contribution in [0.15, 0.2) is 54.7 Å². The Morgan fingerprint density at radius 2 is 1.83 bits per heavy atom. The van der Waals surface area contributed by atoms with Crippen LogP contribution in [0.1, 0.15) is 45.1 Å². The highest BCUT2D eigenvalue weighted by Crippen LogP contribution is 2.43. The van der Waals surface area contributed by atoms with Crippen LogP contribution in [0.5, 0.6) is 5.75 Å². The van der Waals surface area contributed by atoms with Crippen LogP contribution in [0.2, 0.25) is 5.02 Å². The van der Waals surface area contributed by atoms with Crippen LogP contribution in [-0.2, 0) is 10.2 Å². The van der Waals surface area contributed by atoms with Crippen LogP contribution >= 0.6 is 11.6 Å². The van der Waals surface area contributed by atoms with Gasteiger partial charge in [0.05, 0.1) is 17.2 Å². The van der Waals surface area contributed by atoms with Gasteiger partial charge in [-0.2, -0.15) is 0 Å². The summed E-state index contributed by atoms with van der Waals surface area (Å²) in [5.41, 5.74) is 2.02. The maximum absolute atomic E-state index is 13.5. The number of amides is 1. The highest BCUT2D eigenvalue weighted by atomic mass is 35.5. The minimum Gasteiger partial charge on any atom is -0.489 e. The van der Waals surface area contributed by atoms with Gasteiger partial charge < -0.3 is 10.1 Å². The third-order valence-electron chi connectivity index (χ3n) is 5.63. The van der Waals surface area contributed by atoms with Gasteiger partial charge in [-0.05, 0) is 68.7 Å². The van der Waals surface area contributed by atoms with E-state index in [1.54, 1.807) is 6.20 Å². The first kappa shape index (κ1) is 19.7. The summed E-state index contributed by atoms with van der Waals surface area (Å²) >= 11 is 6.07. The number of aromatic nitrogens is 1. The number of fused-ring (bicyclic) bond motifs is 1. The molecular weight excluding hydrogens is 384 g/mol. The Balaban J connectivity index is 1.70. The van der Waals surface area contributed by atoms with Crippen molar-refractivity contribution in [3.05, 3.63) is 65.3 Å². The molecule has 0 bridgehead atoms. The second-order valence-electron chi connectivity index (χ2n) is 7.93. The maximum Gasteiger partial charge on any atom is 0.235 e. The first-order valence-corrected chi connectivity index (χ1v) is 10.5. The van der Waals surface area contributed by atoms with Gasteiger partial charge in [0.2, 0.25) is 5.91 Å². The topological polar surface area (TPSA) is 51.2 Å². The molecule has 1 saturated carbocycles. The number of pyridine rings is 1. The standard InChI is InChI=1S/C24H25ClN2O2/c1-16(2)29-21-12-11-20(19-6-5-15-26-22(19)21)27-23(28)24(13-3-4-14-24)17-7-9-18(25)10-8-17/h5-12,15-16H,3-4,13-14H2,1-2H3,(H,27,28). The number of hydrogen-bond donors (Lipinski definition) is 1. The zero-order valence-electron chi connectivity index (χ0n) is 16.7. The van der Waals surface area contributed by atoms with Crippen LogP contribution in [0.3, 0.4) is 0 Å². The fraction of sp³-hybridized carbons (Fsp3) is 0.333. The van der Waals surface area contributed by atoms with Crippen molar-refractivity contribution < 1.29 is 9.53 Å². The Morgan fingerprint density at radius 3 is 2.52 bits per heavy atom. The molecule has 1 aliphatic carbocycles. The van der Waals surface area contributed by atoms with E-state index in [-0.39, 0.29) is 12.0 Å². The Labute approximate surface area is 176 Å². The molecule has 1 heterocycles. The summed E-state index contributed by atoms with van der Waals surface area (Å²) in [6, 6.07) is 15.3. The monoisotopic (exact) mass is 408 g/mol. The van der Waals surface area contributed by atoms with Gasteiger partial charge in [-0.15, -0.1) is 0 Å². The number of nitrogens with zero attached hydrogens (tertiary/aromatic N) is 1. The van der Waals surface area contributed by atoms with Crippen LogP contribution in [-0.4, -0.2) is 17.0 Å². The van der Waals surface area contributed by atoms with E-state index in [1.165, 1.54) is 0 Å². The highest BCUT2D eigenvalue weighted by molar-refractivity contribution is 6.30. The average molecular weight is 409 g/mol. The van der Waals surface area contributed by atoms with Crippen LogP contribution < -0.4 is 10.1 Å². The number of hydrogen-bond acceptors (Lipinski definition) is 3. The van der Waals surface area contributed by atoms with Gasteiger partial charge in [-0.25, -0.2) is 0 Å². The quantitative estimate of drug-likeness (QED) is 0.552. The molecule has 1 aromatic heterocycles. The van der Waals surface area contributed by atoms with E-state index < -0.39 is 5.41 Å². The number of ether oxygens (including phenoxy) is 1. The summed E-state index contributed by atoms with van der Waals surface area (Å²) < 4.78 is 5.90. The second-order valence-corrected chi connectivity index (χ2v) is 8.36. The van der Waals surface area contributed by atoms with Crippen molar-refractivity contribution in [2.24, 2.45) is 0 Å². The molecule has 2 aromatic carbocycles. The molecule has 1 fully saturated rings. The lowest BCUT2D eigenvalue weighted by Crippen LogP contribution is -2.38. The summed E-state index contributed by atoms with van der Waals surface area (Å²) in [7, 11) is 0. The lowest BCUT2D eigenvalue weighted by Gasteiger charge is -2.29. The summed E-state index contributed by atoms with van der Waals surface area (Å²) in [5.74, 6) is 0.752. The molecule has 4 rings (SSSR count). The van der Waals surface area contributed by atoms with Gasteiger partial charge in [0.1, 0.15) is 11.3 Å². The van der Waals surface area contributed by atoms with Gasteiger partial charge in [-0.3, -0.25) is 9.78 Å². The molecule has 0 saturated heterocycles. The van der Waals surface area contributed by atoms with Crippen molar-refractivity contribution in [3.63, 3.8) is 0 Å². The summed E-state index contributed by atoms with van der Waals surface area (Å²) in [4.78, 5) is 18.0. The molecule has 0 unspecified atom stereocenters. The van der Waals surface area contributed by atoms with E-state index in [4.69, 9.17) is 16.3 Å². The van der Waals surface area contributed by atoms with Crippen molar-refractivity contribution in [1.82, 2.24) is 4.98 Å². The number of halogens is 1. The molecule has 1 aliphatic rings. The molecule has 4 nitrogen and oxygen atoms in total. The summed E-state index contributed by atoms with van der Waals surface area (Å²) in [6.07, 6.45) is 5.55. The van der Waals surface area contributed by atoms with Crippen molar-refractivity contribution in [1.29, 1.82) is 0 Å². The highest BCUT2D eigenvalue weighted by Gasteiger charge is 2.42. The van der Waals surface area contributed by atoms with Crippen molar-refractivity contribution in [2.75, 3.05) is 5.32 Å². The third-order valence-corrected chi connectivity index (χ3v) is 5.88. The van der Waals surface area contributed by atoms with Crippen molar-refractivity contribution in [3.8, 4) is 5.75 Å². The van der Waals surface area contributed by atoms with E-state index in [0.29, 0.717) is 5.02 Å². The van der Waals surface area contributed by atoms with Gasteiger partial charge >= 0.3 is 0 Å². The molecule has 0 aliphatic heterocycles. The smallest absolute Gasteiger partial charge is 0.235 e. The van der Waals surface area contributed by atoms with E-state index in [2.05, 4.69) is 10.3 Å². The Hall–Kier alpha value is -2.59. The third kappa shape index (κ3) is 3.82. The number of nitrogens with one attached hydrogen (secondary N) is 1. The largest absolute Gasteiger partial charge is 0.489 e. The molecule has 0 radical (unpaired) electrons. The van der Waals surface area contributed by atoms with E-state index >= 15 is 0 Å². The van der Waals surface area contributed by atoms with E-state index in [9.17, 15) is 4.79 Å². The fourth-order valence-corrected chi connectivity index (χ4v) is 4.37. The molecule has 0 atom stereocenters. The van der Waals surface area contributed by atoms with Crippen LogP contribution in [0.25, 0.3) is 10.9 Å². The molecule has 1 N–H and O–H groups in total. The zero-order chi connectivity index (χ0) is 20.4. The number of carbonyl (C=O) groups excluding carboxylic acids is 1. The maximum atomic E-state index is 13.5. The minimum absolute atomic E-state index is 0.0278. The van der Waals surface area contributed by atoms with Crippen LogP contribution in [0.4, 0.5) is 5.69 Å². The number of benzene rings is 2. The van der Waals surface area contributed by atoms with E-state index in [1.807, 2.05) is 62.4 Å². The summed E-state index contributed by atoms with van der Waals surface area (Å²) in [5, 5.41) is 4.75. The Morgan fingerprint density at radius 1 is 1.10 bits per heavy atom. The molecular formula is C24H25ClN2O2. The predicted molar refractivity (Wildman–Crippen MR) is 118 cm³/mol. The fourth-order valence-electron chi connectivity index (χ4n) is 4.24. The minimum atomic E-state index is -0.522. The molecule has 5 heteroatoms. The van der Waals surface area contributed by atoms with Crippen molar-refractivity contribution in [2.45, 2.75) is 51.0 Å². The Kier molecular flexibility index (Phi) is 5.46. The van der Waals surface area contributed by atoms with Crippen molar-refractivity contribution >= 4 is 34.1 Å². The molecule has 0 spiro atoms. The molecule has 1 amide bonds. The summed E-state index contributed by atoms with van der Waals surface area (Å²) in [6.45, 7) is 3.97. The predicted octanol–water partition coefficient (Wildman–Crippen LogP) is 6.13. The molecule has 3 aromatic rings. The Bertz CT molecular complexity index is 1020. The van der Waals surface area contributed by atoms with Crippen LogP contribution in [0, 0.1) is 0 Å². The zero-order valence-corrected chi connectivity index (χ0v) is 17.5. The lowest BCUT2D eigenvalue weighted by atomic mass is 9.78. The molecule has 150 valence electrons. The van der Waals surface area contributed by atoms with Gasteiger partial charge in [0.15, 0.2) is 0 Å². The normalized spacial score (nSPS) is 15.6. The van der Waals surface area contributed by atoms with E-state index in [0.717, 1.165) is 53.6 Å². The van der Waals surface area contributed by atoms with Gasteiger partial charge in [0.25, 0.3) is 0 Å². The SMILES string of the molecule is CC(C)Oc1ccc(NC(=O)C2(c3ccc(Cl)cc3)CCCC2)c2cccnc12. The second kappa shape index (κ2) is 8.03. The number of anilines is 1. The molecule has 29 heavy (non-hydrogen) atoms. The van der Waals surface area contributed by atoms with Gasteiger partial charge in [0, 0.05) is 16.6 Å². The number of rotatable bonds is 5. The first-order chi connectivity index (χ1) is 14.0. The average Bonchev–Trinajstić information content (AvgIpc) is 3.21. The first-order valence-electron chi connectivity index (χ1n) is 10.1. The van der Waals surface area contributed by atoms with Gasteiger partial charge in [-0.1, -0.05) is 36.6 Å². The number of carbonyl (C=O) groups is 1.